The molecule has 0 saturated heterocycles. The van der Waals surface area contributed by atoms with Crippen molar-refractivity contribution in [3.05, 3.63) is 0 Å². The first-order valence-corrected chi connectivity index (χ1v) is 13.8. The normalized spacial score (nSPS) is 11.1. The van der Waals surface area contributed by atoms with Crippen molar-refractivity contribution in [1.29, 1.82) is 0 Å². The van der Waals surface area contributed by atoms with E-state index in [0.29, 0.717) is 0 Å². The van der Waals surface area contributed by atoms with Gasteiger partial charge >= 0.3 is 92.4 Å². The molecule has 0 bridgehead atoms. The summed E-state index contributed by atoms with van der Waals surface area (Å²) in [7, 11) is 0. The van der Waals surface area contributed by atoms with E-state index in [1.165, 1.54) is 51.4 Å². The van der Waals surface area contributed by atoms with Gasteiger partial charge in [0.05, 0.1) is 0 Å². The molecule has 0 aromatic heterocycles. The van der Waals surface area contributed by atoms with Gasteiger partial charge < -0.3 is 0 Å². The van der Waals surface area contributed by atoms with Gasteiger partial charge in [0.25, 0.3) is 0 Å². The van der Waals surface area contributed by atoms with Crippen LogP contribution in [0.3, 0.4) is 0 Å². The van der Waals surface area contributed by atoms with Gasteiger partial charge in [-0.3, -0.25) is 0 Å². The molecule has 0 fully saturated rings. The van der Waals surface area contributed by atoms with Crippen molar-refractivity contribution in [2.45, 2.75) is 72.6 Å². The van der Waals surface area contributed by atoms with Crippen LogP contribution in [0.2, 0.25) is 14.3 Å². The molecule has 1 heteroatoms. The standard InChI is InChI=1S/C10H21.2CH3.Sn/c1-3-5-7-9-10-8-6-4-2;;;/h1,3-10H2,2H3;2*1H3;. The summed E-state index contributed by atoms with van der Waals surface area (Å²) in [5.74, 6) is 0. The molecule has 13 heavy (non-hydrogen) atoms. The van der Waals surface area contributed by atoms with Gasteiger partial charge in [0.2, 0.25) is 0 Å². The molecule has 0 unspecified atom stereocenters. The Morgan fingerprint density at radius 2 is 1.15 bits per heavy atom. The third-order valence-electron chi connectivity index (χ3n) is 2.53. The second-order valence-corrected chi connectivity index (χ2v) is 12.7. The van der Waals surface area contributed by atoms with Gasteiger partial charge in [0, 0.05) is 0 Å². The molecule has 0 rings (SSSR count). The Kier molecular flexibility index (Phi) is 11.5. The van der Waals surface area contributed by atoms with Crippen LogP contribution in [0.5, 0.6) is 0 Å². The van der Waals surface area contributed by atoms with Crippen molar-refractivity contribution >= 4 is 19.8 Å². The van der Waals surface area contributed by atoms with Gasteiger partial charge in [-0.1, -0.05) is 0 Å². The molecular weight excluding hydrogens is 263 g/mol. The van der Waals surface area contributed by atoms with E-state index >= 15 is 0 Å². The van der Waals surface area contributed by atoms with E-state index in [4.69, 9.17) is 0 Å². The molecular formula is C12H27Sn. The van der Waals surface area contributed by atoms with Crippen LogP contribution in [0.4, 0.5) is 0 Å². The van der Waals surface area contributed by atoms with Crippen molar-refractivity contribution in [3.8, 4) is 0 Å². The van der Waals surface area contributed by atoms with E-state index in [0.717, 1.165) is 0 Å². The maximum atomic E-state index is 2.52. The predicted molar refractivity (Wildman–Crippen MR) is 64.9 cm³/mol. The Labute approximate surface area is 92.2 Å². The zero-order chi connectivity index (χ0) is 9.94. The summed E-state index contributed by atoms with van der Waals surface area (Å²) < 4.78 is 1.62. The molecule has 0 aromatic rings. The van der Waals surface area contributed by atoms with Crippen LogP contribution >= 0.6 is 0 Å². The first-order chi connectivity index (χ1) is 6.27. The van der Waals surface area contributed by atoms with E-state index in [1.807, 2.05) is 0 Å². The summed E-state index contributed by atoms with van der Waals surface area (Å²) in [5.41, 5.74) is 0. The molecule has 0 N–H and O–H groups in total. The van der Waals surface area contributed by atoms with E-state index < -0.39 is 19.8 Å². The first kappa shape index (κ1) is 13.8. The van der Waals surface area contributed by atoms with E-state index in [1.54, 1.807) is 4.44 Å². The Hall–Kier alpha value is 0.799. The third-order valence-corrected chi connectivity index (χ3v) is 6.39. The molecule has 0 aliphatic carbocycles. The van der Waals surface area contributed by atoms with Crippen LogP contribution in [-0.2, 0) is 0 Å². The second-order valence-electron chi connectivity index (χ2n) is 4.43. The van der Waals surface area contributed by atoms with Gasteiger partial charge in [-0.05, 0) is 0 Å². The van der Waals surface area contributed by atoms with Gasteiger partial charge in [-0.2, -0.15) is 0 Å². The number of unbranched alkanes of at least 4 members (excludes halogenated alkanes) is 7. The Bertz CT molecular complexity index is 89.1. The van der Waals surface area contributed by atoms with Gasteiger partial charge in [-0.25, -0.2) is 0 Å². The van der Waals surface area contributed by atoms with Crippen LogP contribution in [0.25, 0.3) is 0 Å². The van der Waals surface area contributed by atoms with E-state index in [9.17, 15) is 0 Å². The number of hydrogen-bond donors (Lipinski definition) is 0. The molecule has 0 saturated carbocycles. The quantitative estimate of drug-likeness (QED) is 0.419. The molecule has 0 aliphatic heterocycles. The summed E-state index contributed by atoms with van der Waals surface area (Å²) in [5, 5.41) is 0. The molecule has 0 aliphatic rings. The maximum absolute atomic E-state index is 2.52. The van der Waals surface area contributed by atoms with Crippen molar-refractivity contribution in [1.82, 2.24) is 0 Å². The van der Waals surface area contributed by atoms with Crippen molar-refractivity contribution in [2.24, 2.45) is 0 Å². The summed E-state index contributed by atoms with van der Waals surface area (Å²) >= 11 is -0.716. The minimum atomic E-state index is -0.716. The zero-order valence-corrected chi connectivity index (χ0v) is 12.7. The van der Waals surface area contributed by atoms with Crippen LogP contribution < -0.4 is 0 Å². The van der Waals surface area contributed by atoms with Gasteiger partial charge in [-0.15, -0.1) is 0 Å². The van der Waals surface area contributed by atoms with E-state index in [-0.39, 0.29) is 0 Å². The SMILES string of the molecule is CCCCCCCCC[CH2][Sn]([CH3])[CH3]. The molecule has 0 aromatic carbocycles. The Morgan fingerprint density at radius 1 is 0.692 bits per heavy atom. The van der Waals surface area contributed by atoms with Crippen molar-refractivity contribution in [3.63, 3.8) is 0 Å². The van der Waals surface area contributed by atoms with Crippen LogP contribution in [0, 0.1) is 0 Å². The monoisotopic (exact) mass is 291 g/mol. The molecule has 0 nitrogen and oxygen atoms in total. The minimum absolute atomic E-state index is 0.716. The van der Waals surface area contributed by atoms with Gasteiger partial charge in [0.1, 0.15) is 0 Å². The van der Waals surface area contributed by atoms with Crippen molar-refractivity contribution in [2.75, 3.05) is 0 Å². The topological polar surface area (TPSA) is 0 Å². The third kappa shape index (κ3) is 12.8. The van der Waals surface area contributed by atoms with Crippen molar-refractivity contribution < 1.29 is 0 Å². The molecule has 0 amide bonds. The molecule has 0 atom stereocenters. The number of rotatable bonds is 9. The molecule has 79 valence electrons. The van der Waals surface area contributed by atoms with Gasteiger partial charge in [0.15, 0.2) is 0 Å². The molecule has 0 heterocycles. The fourth-order valence-electron chi connectivity index (χ4n) is 1.61. The van der Waals surface area contributed by atoms with Crippen LogP contribution in [-0.4, -0.2) is 19.8 Å². The summed E-state index contributed by atoms with van der Waals surface area (Å²) in [6.45, 7) is 2.29. The fourth-order valence-corrected chi connectivity index (χ4v) is 4.34. The molecule has 1 radical (unpaired) electrons. The zero-order valence-electron chi connectivity index (χ0n) is 9.86. The summed E-state index contributed by atoms with van der Waals surface area (Å²) in [6.07, 6.45) is 11.8. The summed E-state index contributed by atoms with van der Waals surface area (Å²) in [6, 6.07) is 0. The van der Waals surface area contributed by atoms with Crippen LogP contribution in [0.15, 0.2) is 0 Å². The average Bonchev–Trinajstić information content (AvgIpc) is 2.09. The first-order valence-electron chi connectivity index (χ1n) is 6.06. The summed E-state index contributed by atoms with van der Waals surface area (Å²) in [4.78, 5) is 5.03. The Balaban J connectivity index is 2.84. The Morgan fingerprint density at radius 3 is 1.62 bits per heavy atom. The van der Waals surface area contributed by atoms with Crippen LogP contribution in [0.1, 0.15) is 58.3 Å². The average molecular weight is 290 g/mol. The number of hydrogen-bond acceptors (Lipinski definition) is 0. The molecule has 0 spiro atoms. The second kappa shape index (κ2) is 10.9. The van der Waals surface area contributed by atoms with E-state index in [2.05, 4.69) is 16.8 Å². The predicted octanol–water partition coefficient (Wildman–Crippen LogP) is 4.88. The fraction of sp³-hybridized carbons (Fsp3) is 1.00.